The Morgan fingerprint density at radius 1 is 0.958 bits per heavy atom. The minimum Gasteiger partial charge on any atom is -0.486 e. The number of fused-ring (bicyclic) bond motifs is 1. The smallest absolute Gasteiger partial charge is 0.247 e. The lowest BCUT2D eigenvalue weighted by atomic mass is 10.2. The van der Waals surface area contributed by atoms with Gasteiger partial charge in [0.1, 0.15) is 13.2 Å². The van der Waals surface area contributed by atoms with E-state index in [0.717, 1.165) is 22.0 Å². The van der Waals surface area contributed by atoms with Crippen LogP contribution in [-0.4, -0.2) is 23.4 Å². The Labute approximate surface area is 147 Å². The van der Waals surface area contributed by atoms with Crippen LogP contribution in [0.4, 0.5) is 0 Å². The Morgan fingerprint density at radius 3 is 2.58 bits per heavy atom. The lowest BCUT2D eigenvalue weighted by Crippen LogP contribution is -2.15. The first-order valence-corrected chi connectivity index (χ1v) is 8.75. The van der Waals surface area contributed by atoms with Gasteiger partial charge in [0, 0.05) is 15.5 Å². The van der Waals surface area contributed by atoms with Crippen molar-refractivity contribution in [2.45, 2.75) is 10.6 Å². The number of ether oxygens (including phenoxy) is 2. The van der Waals surface area contributed by atoms with E-state index in [0.29, 0.717) is 35.8 Å². The SMILES string of the molecule is Clc1ccc(-c2nnc(CSc3ccc4c(c3)OCCO4)o2)cc1. The molecule has 24 heavy (non-hydrogen) atoms. The molecule has 0 bridgehead atoms. The van der Waals surface area contributed by atoms with Crippen molar-refractivity contribution in [3.05, 3.63) is 53.4 Å². The second-order valence-electron chi connectivity index (χ2n) is 5.10. The molecular formula is C17H13ClN2O3S. The quantitative estimate of drug-likeness (QED) is 0.640. The van der Waals surface area contributed by atoms with Gasteiger partial charge in [0.05, 0.1) is 5.75 Å². The van der Waals surface area contributed by atoms with Crippen LogP contribution < -0.4 is 9.47 Å². The molecule has 1 aliphatic rings. The van der Waals surface area contributed by atoms with Crippen molar-refractivity contribution in [3.63, 3.8) is 0 Å². The number of hydrogen-bond acceptors (Lipinski definition) is 6. The molecule has 0 spiro atoms. The summed E-state index contributed by atoms with van der Waals surface area (Å²) in [5, 5.41) is 8.85. The van der Waals surface area contributed by atoms with Gasteiger partial charge in [-0.15, -0.1) is 22.0 Å². The van der Waals surface area contributed by atoms with Crippen LogP contribution in [0.1, 0.15) is 5.89 Å². The van der Waals surface area contributed by atoms with Gasteiger partial charge in [0.25, 0.3) is 0 Å². The summed E-state index contributed by atoms with van der Waals surface area (Å²) in [6.07, 6.45) is 0. The van der Waals surface area contributed by atoms with Gasteiger partial charge in [-0.3, -0.25) is 0 Å². The van der Waals surface area contributed by atoms with Gasteiger partial charge in [-0.1, -0.05) is 11.6 Å². The second kappa shape index (κ2) is 6.75. The summed E-state index contributed by atoms with van der Waals surface area (Å²) in [4.78, 5) is 1.06. The molecule has 0 aliphatic carbocycles. The van der Waals surface area contributed by atoms with Gasteiger partial charge < -0.3 is 13.9 Å². The van der Waals surface area contributed by atoms with Crippen LogP contribution in [0.3, 0.4) is 0 Å². The third kappa shape index (κ3) is 3.34. The van der Waals surface area contributed by atoms with Gasteiger partial charge in [-0.05, 0) is 42.5 Å². The average Bonchev–Trinajstić information content (AvgIpc) is 3.09. The van der Waals surface area contributed by atoms with Crippen molar-refractivity contribution in [2.24, 2.45) is 0 Å². The number of thioether (sulfide) groups is 1. The Morgan fingerprint density at radius 2 is 1.75 bits per heavy atom. The minimum absolute atomic E-state index is 0.490. The van der Waals surface area contributed by atoms with E-state index in [1.54, 1.807) is 23.9 Å². The first-order valence-electron chi connectivity index (χ1n) is 7.39. The fourth-order valence-corrected chi connectivity index (χ4v) is 3.17. The first kappa shape index (κ1) is 15.4. The van der Waals surface area contributed by atoms with E-state index >= 15 is 0 Å². The highest BCUT2D eigenvalue weighted by Crippen LogP contribution is 2.35. The summed E-state index contributed by atoms with van der Waals surface area (Å²) in [6.45, 7) is 1.17. The van der Waals surface area contributed by atoms with Crippen molar-refractivity contribution < 1.29 is 13.9 Å². The summed E-state index contributed by atoms with van der Waals surface area (Å²) in [5.41, 5.74) is 0.850. The van der Waals surface area contributed by atoms with Crippen LogP contribution in [-0.2, 0) is 5.75 Å². The molecule has 0 amide bonds. The zero-order valence-electron chi connectivity index (χ0n) is 12.6. The molecule has 1 aliphatic heterocycles. The van der Waals surface area contributed by atoms with Gasteiger partial charge >= 0.3 is 0 Å². The van der Waals surface area contributed by atoms with Crippen LogP contribution in [0, 0.1) is 0 Å². The molecule has 2 heterocycles. The molecule has 0 fully saturated rings. The number of aromatic nitrogens is 2. The Hall–Kier alpha value is -2.18. The van der Waals surface area contributed by atoms with Crippen molar-refractivity contribution >= 4 is 23.4 Å². The zero-order valence-corrected chi connectivity index (χ0v) is 14.1. The van der Waals surface area contributed by atoms with Crippen LogP contribution in [0.15, 0.2) is 51.8 Å². The van der Waals surface area contributed by atoms with E-state index in [4.69, 9.17) is 25.5 Å². The average molecular weight is 361 g/mol. The first-order chi connectivity index (χ1) is 11.8. The molecule has 0 radical (unpaired) electrons. The Bertz CT molecular complexity index is 851. The highest BCUT2D eigenvalue weighted by molar-refractivity contribution is 7.98. The van der Waals surface area contributed by atoms with Crippen LogP contribution in [0.2, 0.25) is 5.02 Å². The molecule has 2 aromatic carbocycles. The van der Waals surface area contributed by atoms with Gasteiger partial charge in [0.15, 0.2) is 11.5 Å². The predicted molar refractivity (Wildman–Crippen MR) is 91.7 cm³/mol. The molecule has 1 aromatic heterocycles. The van der Waals surface area contributed by atoms with E-state index in [2.05, 4.69) is 10.2 Å². The maximum atomic E-state index is 5.88. The normalized spacial score (nSPS) is 13.0. The summed E-state index contributed by atoms with van der Waals surface area (Å²) >= 11 is 7.49. The summed E-state index contributed by atoms with van der Waals surface area (Å²) in [7, 11) is 0. The lowest BCUT2D eigenvalue weighted by molar-refractivity contribution is 0.171. The fourth-order valence-electron chi connectivity index (χ4n) is 2.28. The van der Waals surface area contributed by atoms with Crippen LogP contribution in [0.25, 0.3) is 11.5 Å². The number of hydrogen-bond donors (Lipinski definition) is 0. The van der Waals surface area contributed by atoms with E-state index in [1.807, 2.05) is 30.3 Å². The molecule has 4 rings (SSSR count). The Balaban J connectivity index is 1.44. The maximum absolute atomic E-state index is 5.88. The summed E-state index contributed by atoms with van der Waals surface area (Å²) in [5.74, 6) is 3.21. The van der Waals surface area contributed by atoms with Crippen LogP contribution >= 0.6 is 23.4 Å². The molecule has 0 saturated carbocycles. The van der Waals surface area contributed by atoms with E-state index in [1.165, 1.54) is 0 Å². The topological polar surface area (TPSA) is 57.4 Å². The van der Waals surface area contributed by atoms with Crippen molar-refractivity contribution in [3.8, 4) is 23.0 Å². The third-order valence-electron chi connectivity index (χ3n) is 3.43. The molecule has 5 nitrogen and oxygen atoms in total. The van der Waals surface area contributed by atoms with Crippen molar-refractivity contribution in [1.82, 2.24) is 10.2 Å². The molecular weight excluding hydrogens is 348 g/mol. The van der Waals surface area contributed by atoms with Gasteiger partial charge in [-0.2, -0.15) is 0 Å². The van der Waals surface area contributed by atoms with Gasteiger partial charge in [-0.25, -0.2) is 0 Å². The molecule has 0 saturated heterocycles. The minimum atomic E-state index is 0.490. The number of nitrogens with zero attached hydrogens (tertiary/aromatic N) is 2. The van der Waals surface area contributed by atoms with Crippen molar-refractivity contribution in [2.75, 3.05) is 13.2 Å². The number of rotatable bonds is 4. The van der Waals surface area contributed by atoms with E-state index < -0.39 is 0 Å². The standard InChI is InChI=1S/C17H13ClN2O3S/c18-12-3-1-11(2-4-12)17-20-19-16(23-17)10-24-13-5-6-14-15(9-13)22-8-7-21-14/h1-6,9H,7-8,10H2. The molecule has 122 valence electrons. The highest BCUT2D eigenvalue weighted by atomic mass is 35.5. The molecule has 0 atom stereocenters. The predicted octanol–water partition coefficient (Wildman–Crippen LogP) is 4.45. The lowest BCUT2D eigenvalue weighted by Gasteiger charge is -2.18. The van der Waals surface area contributed by atoms with Crippen LogP contribution in [0.5, 0.6) is 11.5 Å². The largest absolute Gasteiger partial charge is 0.486 e. The zero-order chi connectivity index (χ0) is 16.4. The maximum Gasteiger partial charge on any atom is 0.247 e. The molecule has 7 heteroatoms. The van der Waals surface area contributed by atoms with Gasteiger partial charge in [0.2, 0.25) is 11.8 Å². The summed E-state index contributed by atoms with van der Waals surface area (Å²) < 4.78 is 16.8. The number of halogens is 1. The Kier molecular flexibility index (Phi) is 4.32. The molecule has 3 aromatic rings. The monoisotopic (exact) mass is 360 g/mol. The van der Waals surface area contributed by atoms with E-state index in [9.17, 15) is 0 Å². The number of benzene rings is 2. The second-order valence-corrected chi connectivity index (χ2v) is 6.59. The third-order valence-corrected chi connectivity index (χ3v) is 4.66. The molecule has 0 unspecified atom stereocenters. The molecule has 0 N–H and O–H groups in total. The van der Waals surface area contributed by atoms with Crippen molar-refractivity contribution in [1.29, 1.82) is 0 Å². The summed E-state index contributed by atoms with van der Waals surface area (Å²) in [6, 6.07) is 13.2. The highest BCUT2D eigenvalue weighted by Gasteiger charge is 2.13. The van der Waals surface area contributed by atoms with E-state index in [-0.39, 0.29) is 0 Å². The fraction of sp³-hybridized carbons (Fsp3) is 0.176.